The lowest BCUT2D eigenvalue weighted by Crippen LogP contribution is -2.55. The lowest BCUT2D eigenvalue weighted by Gasteiger charge is -2.36. The summed E-state index contributed by atoms with van der Waals surface area (Å²) in [5.41, 5.74) is 10.1. The third-order valence-corrected chi connectivity index (χ3v) is 7.98. The Balaban J connectivity index is 1.32. The maximum Gasteiger partial charge on any atom is 0.245 e. The van der Waals surface area contributed by atoms with Crippen molar-refractivity contribution in [3.05, 3.63) is 66.0 Å². The quantitative estimate of drug-likeness (QED) is 0.535. The first-order valence-corrected chi connectivity index (χ1v) is 13.9. The fraction of sp³-hybridized carbons (Fsp3) is 0.500. The molecule has 9 heteroatoms. The van der Waals surface area contributed by atoms with Crippen molar-refractivity contribution in [2.75, 3.05) is 44.8 Å². The van der Waals surface area contributed by atoms with Gasteiger partial charge in [0.05, 0.1) is 37.4 Å². The van der Waals surface area contributed by atoms with Crippen LogP contribution in [0.2, 0.25) is 0 Å². The Morgan fingerprint density at radius 3 is 2.72 bits per heavy atom. The van der Waals surface area contributed by atoms with E-state index in [9.17, 15) is 9.59 Å². The summed E-state index contributed by atoms with van der Waals surface area (Å²) in [5, 5.41) is 3.17. The first-order valence-electron chi connectivity index (χ1n) is 13.9. The molecule has 0 bridgehead atoms. The van der Waals surface area contributed by atoms with Gasteiger partial charge in [0.1, 0.15) is 6.04 Å². The highest BCUT2D eigenvalue weighted by molar-refractivity contribution is 5.91. The van der Waals surface area contributed by atoms with Crippen LogP contribution in [0.15, 0.2) is 54.7 Å². The molecule has 3 aliphatic rings. The summed E-state index contributed by atoms with van der Waals surface area (Å²) in [7, 11) is 1.73. The van der Waals surface area contributed by atoms with E-state index in [-0.39, 0.29) is 36.2 Å². The Kier molecular flexibility index (Phi) is 8.60. The van der Waals surface area contributed by atoms with Crippen molar-refractivity contribution >= 4 is 23.1 Å². The van der Waals surface area contributed by atoms with Gasteiger partial charge in [0.25, 0.3) is 0 Å². The number of para-hydroxylation sites is 1. The number of amides is 2. The number of nitrogens with two attached hydrogens (primary N) is 1. The molecule has 0 spiro atoms. The number of benzene rings is 1. The predicted octanol–water partition coefficient (Wildman–Crippen LogP) is 2.22. The van der Waals surface area contributed by atoms with E-state index >= 15 is 0 Å². The van der Waals surface area contributed by atoms with Crippen LogP contribution in [-0.4, -0.2) is 80.0 Å². The number of anilines is 1. The summed E-state index contributed by atoms with van der Waals surface area (Å²) >= 11 is 0. The highest BCUT2D eigenvalue weighted by Crippen LogP contribution is 2.34. The molecule has 39 heavy (non-hydrogen) atoms. The molecule has 1 aliphatic carbocycles. The molecule has 2 fully saturated rings. The van der Waals surface area contributed by atoms with Crippen LogP contribution in [0.4, 0.5) is 5.69 Å². The van der Waals surface area contributed by atoms with Gasteiger partial charge in [0, 0.05) is 44.4 Å². The average molecular weight is 534 g/mol. The number of fused-ring (bicyclic) bond motifs is 1. The average Bonchev–Trinajstić information content (AvgIpc) is 3.41. The van der Waals surface area contributed by atoms with Gasteiger partial charge in [-0.25, -0.2) is 0 Å². The topological polar surface area (TPSA) is 110 Å². The van der Waals surface area contributed by atoms with E-state index in [0.29, 0.717) is 19.8 Å². The number of allylic oxidation sites excluding steroid dienone is 1. The second-order valence-corrected chi connectivity index (χ2v) is 10.8. The standard InChI is InChI=1S/C30H39N5O4/c1-20(24-12-13-26-25(24)11-6-14-32-26)28(30(37)34(2)17-27-38-18-22(31)19-39-27)33-29(36)21-8-7-15-35(16-21)23-9-4-3-5-10-23/h3-6,9-12,14,20-22,27-28H,7-8,13,15-19,31H2,1-2H3,(H,33,36)/t20-,21?,22?,27?,28+/m0/s1. The second-order valence-electron chi connectivity index (χ2n) is 10.8. The summed E-state index contributed by atoms with van der Waals surface area (Å²) in [6, 6.07) is 13.2. The molecule has 1 aromatic heterocycles. The number of nitrogens with one attached hydrogen (secondary N) is 1. The Bertz CT molecular complexity index is 1180. The fourth-order valence-electron chi connectivity index (χ4n) is 5.74. The van der Waals surface area contributed by atoms with E-state index in [4.69, 9.17) is 15.2 Å². The van der Waals surface area contributed by atoms with Crippen molar-refractivity contribution < 1.29 is 19.1 Å². The summed E-state index contributed by atoms with van der Waals surface area (Å²) < 4.78 is 11.3. The van der Waals surface area contributed by atoms with Crippen LogP contribution < -0.4 is 16.0 Å². The minimum absolute atomic E-state index is 0.0876. The third kappa shape index (κ3) is 6.32. The number of aromatic nitrogens is 1. The minimum Gasteiger partial charge on any atom is -0.371 e. The Labute approximate surface area is 230 Å². The third-order valence-electron chi connectivity index (χ3n) is 7.98. The Hall–Kier alpha value is -3.27. The number of likely N-dealkylation sites (N-methyl/N-ethyl adjacent to an activating group) is 1. The normalized spacial score (nSPS) is 24.3. The molecule has 9 nitrogen and oxygen atoms in total. The zero-order valence-corrected chi connectivity index (χ0v) is 22.8. The van der Waals surface area contributed by atoms with Crippen LogP contribution >= 0.6 is 0 Å². The highest BCUT2D eigenvalue weighted by Gasteiger charge is 2.37. The van der Waals surface area contributed by atoms with Gasteiger partial charge in [-0.05, 0) is 42.2 Å². The summed E-state index contributed by atoms with van der Waals surface area (Å²) in [4.78, 5) is 36.0. The molecule has 2 amide bonds. The van der Waals surface area contributed by atoms with Gasteiger partial charge >= 0.3 is 0 Å². The first-order chi connectivity index (χ1) is 18.9. The van der Waals surface area contributed by atoms with Gasteiger partial charge in [0.15, 0.2) is 6.29 Å². The molecule has 0 saturated carbocycles. The van der Waals surface area contributed by atoms with Gasteiger partial charge in [-0.15, -0.1) is 0 Å². The molecule has 2 aromatic rings. The van der Waals surface area contributed by atoms with Crippen molar-refractivity contribution in [3.63, 3.8) is 0 Å². The smallest absolute Gasteiger partial charge is 0.245 e. The lowest BCUT2D eigenvalue weighted by molar-refractivity contribution is -0.193. The van der Waals surface area contributed by atoms with Gasteiger partial charge in [-0.1, -0.05) is 37.3 Å². The van der Waals surface area contributed by atoms with Gasteiger partial charge in [0.2, 0.25) is 11.8 Å². The van der Waals surface area contributed by atoms with Crippen molar-refractivity contribution in [2.45, 2.75) is 44.6 Å². The number of carbonyl (C=O) groups is 2. The Morgan fingerprint density at radius 2 is 1.95 bits per heavy atom. The van der Waals surface area contributed by atoms with Crippen LogP contribution in [-0.2, 0) is 25.5 Å². The van der Waals surface area contributed by atoms with Gasteiger partial charge in [-0.3, -0.25) is 14.6 Å². The summed E-state index contributed by atoms with van der Waals surface area (Å²) in [6.07, 6.45) is 5.80. The molecule has 5 rings (SSSR count). The fourth-order valence-corrected chi connectivity index (χ4v) is 5.74. The van der Waals surface area contributed by atoms with Crippen molar-refractivity contribution in [1.29, 1.82) is 0 Å². The molecule has 3 N–H and O–H groups in total. The molecular weight excluding hydrogens is 494 g/mol. The molecular formula is C30H39N5O4. The maximum absolute atomic E-state index is 13.9. The SMILES string of the molecule is C[C@@H](C1=CCc2ncccc21)[C@@H](NC(=O)C1CCCN(c2ccccc2)C1)C(=O)N(C)CC1OCC(N)CO1. The van der Waals surface area contributed by atoms with Gasteiger partial charge in [-0.2, -0.15) is 0 Å². The molecule has 208 valence electrons. The van der Waals surface area contributed by atoms with E-state index in [1.165, 1.54) is 0 Å². The molecule has 0 radical (unpaired) electrons. The van der Waals surface area contributed by atoms with Crippen LogP contribution in [0, 0.1) is 11.8 Å². The van der Waals surface area contributed by atoms with Crippen LogP contribution in [0.25, 0.3) is 5.57 Å². The summed E-state index contributed by atoms with van der Waals surface area (Å²) in [5.74, 6) is -0.711. The van der Waals surface area contributed by atoms with E-state index < -0.39 is 12.3 Å². The van der Waals surface area contributed by atoms with E-state index in [1.54, 1.807) is 18.1 Å². The largest absolute Gasteiger partial charge is 0.371 e. The van der Waals surface area contributed by atoms with Crippen molar-refractivity contribution in [1.82, 2.24) is 15.2 Å². The maximum atomic E-state index is 13.9. The second kappa shape index (κ2) is 12.3. The zero-order valence-electron chi connectivity index (χ0n) is 22.8. The number of ether oxygens (including phenoxy) is 2. The predicted molar refractivity (Wildman–Crippen MR) is 150 cm³/mol. The number of hydrogen-bond donors (Lipinski definition) is 2. The van der Waals surface area contributed by atoms with Crippen LogP contribution in [0.3, 0.4) is 0 Å². The van der Waals surface area contributed by atoms with Crippen molar-refractivity contribution in [2.24, 2.45) is 17.6 Å². The number of pyridine rings is 1. The highest BCUT2D eigenvalue weighted by atomic mass is 16.7. The monoisotopic (exact) mass is 533 g/mol. The van der Waals surface area contributed by atoms with E-state index in [2.05, 4.69) is 33.4 Å². The number of piperidine rings is 1. The number of rotatable bonds is 8. The number of nitrogens with zero attached hydrogens (tertiary/aromatic N) is 3. The molecule has 2 saturated heterocycles. The molecule has 1 aromatic carbocycles. The summed E-state index contributed by atoms with van der Waals surface area (Å²) in [6.45, 7) is 4.58. The van der Waals surface area contributed by atoms with Crippen LogP contribution in [0.5, 0.6) is 0 Å². The van der Waals surface area contributed by atoms with E-state index in [0.717, 1.165) is 48.3 Å². The molecule has 2 aliphatic heterocycles. The van der Waals surface area contributed by atoms with E-state index in [1.807, 2.05) is 37.3 Å². The molecule has 3 atom stereocenters. The lowest BCUT2D eigenvalue weighted by atomic mass is 9.88. The zero-order chi connectivity index (χ0) is 27.4. The number of hydrogen-bond acceptors (Lipinski definition) is 7. The molecule has 3 heterocycles. The minimum atomic E-state index is -0.738. The van der Waals surface area contributed by atoms with Gasteiger partial charge < -0.3 is 30.3 Å². The van der Waals surface area contributed by atoms with Crippen molar-refractivity contribution in [3.8, 4) is 0 Å². The molecule has 1 unspecified atom stereocenters. The number of carbonyl (C=O) groups excluding carboxylic acids is 2. The van der Waals surface area contributed by atoms with Crippen LogP contribution in [0.1, 0.15) is 31.0 Å². The first kappa shape index (κ1) is 27.3. The Morgan fingerprint density at radius 1 is 1.18 bits per heavy atom.